The van der Waals surface area contributed by atoms with Crippen LogP contribution in [0.5, 0.6) is 5.75 Å². The van der Waals surface area contributed by atoms with E-state index in [0.29, 0.717) is 11.4 Å². The van der Waals surface area contributed by atoms with Crippen LogP contribution in [0.1, 0.15) is 12.5 Å². The first-order valence-electron chi connectivity index (χ1n) is 9.02. The highest BCUT2D eigenvalue weighted by Crippen LogP contribution is 2.37. The number of benzene rings is 1. The first kappa shape index (κ1) is 17.7. The molecule has 0 bridgehead atoms. The molecule has 140 valence electrons. The molecule has 0 saturated heterocycles. The number of aromatic nitrogens is 3. The fourth-order valence-corrected chi connectivity index (χ4v) is 3.41. The number of hydrogen-bond acceptors (Lipinski definition) is 5. The summed E-state index contributed by atoms with van der Waals surface area (Å²) < 4.78 is 5.72. The Morgan fingerprint density at radius 2 is 1.89 bits per heavy atom. The second-order valence-electron chi connectivity index (χ2n) is 6.47. The van der Waals surface area contributed by atoms with E-state index in [1.54, 1.807) is 37.8 Å². The van der Waals surface area contributed by atoms with Crippen molar-refractivity contribution >= 4 is 16.7 Å². The van der Waals surface area contributed by atoms with Gasteiger partial charge in [0.2, 0.25) is 0 Å². The molecule has 3 aromatic heterocycles. The second-order valence-corrected chi connectivity index (χ2v) is 6.47. The number of nitrogens with two attached hydrogens (primary N) is 1. The van der Waals surface area contributed by atoms with E-state index < -0.39 is 0 Å². The summed E-state index contributed by atoms with van der Waals surface area (Å²) in [5.74, 6) is 1.24. The van der Waals surface area contributed by atoms with E-state index in [9.17, 15) is 4.79 Å². The molecule has 6 nitrogen and oxygen atoms in total. The maximum atomic E-state index is 12.4. The normalized spacial score (nSPS) is 10.9. The SMILES string of the molecule is CCc1cc(-c2ccc[nH]c2=O)c2ncc(-c3ccc(N)nc3)cc2c1OC. The van der Waals surface area contributed by atoms with E-state index >= 15 is 0 Å². The van der Waals surface area contributed by atoms with Gasteiger partial charge in [-0.2, -0.15) is 0 Å². The zero-order chi connectivity index (χ0) is 19.7. The largest absolute Gasteiger partial charge is 0.496 e. The van der Waals surface area contributed by atoms with E-state index in [0.717, 1.165) is 45.3 Å². The van der Waals surface area contributed by atoms with Gasteiger partial charge in [0.1, 0.15) is 11.6 Å². The molecule has 0 aliphatic heterocycles. The summed E-state index contributed by atoms with van der Waals surface area (Å²) in [6.45, 7) is 2.06. The number of nitrogens with one attached hydrogen (secondary N) is 1. The molecule has 28 heavy (non-hydrogen) atoms. The molecule has 0 atom stereocenters. The third-order valence-corrected chi connectivity index (χ3v) is 4.81. The summed E-state index contributed by atoms with van der Waals surface area (Å²) in [5.41, 5.74) is 10.5. The lowest BCUT2D eigenvalue weighted by atomic mass is 9.96. The molecule has 0 saturated carbocycles. The minimum absolute atomic E-state index is 0.148. The summed E-state index contributed by atoms with van der Waals surface area (Å²) in [4.78, 5) is 24.0. The number of hydrogen-bond donors (Lipinski definition) is 2. The van der Waals surface area contributed by atoms with E-state index in [-0.39, 0.29) is 5.56 Å². The second kappa shape index (κ2) is 7.15. The minimum atomic E-state index is -0.148. The van der Waals surface area contributed by atoms with Crippen molar-refractivity contribution in [2.24, 2.45) is 0 Å². The summed E-state index contributed by atoms with van der Waals surface area (Å²) in [6.07, 6.45) is 5.89. The fraction of sp³-hybridized carbons (Fsp3) is 0.136. The number of rotatable bonds is 4. The van der Waals surface area contributed by atoms with Crippen LogP contribution in [-0.4, -0.2) is 22.1 Å². The minimum Gasteiger partial charge on any atom is -0.496 e. The molecule has 0 unspecified atom stereocenters. The molecule has 4 rings (SSSR count). The third-order valence-electron chi connectivity index (χ3n) is 4.81. The fourth-order valence-electron chi connectivity index (χ4n) is 3.41. The zero-order valence-electron chi connectivity index (χ0n) is 15.7. The van der Waals surface area contributed by atoms with E-state index in [4.69, 9.17) is 10.5 Å². The molecule has 1 aromatic carbocycles. The van der Waals surface area contributed by atoms with E-state index in [1.807, 2.05) is 24.3 Å². The Kier molecular flexibility index (Phi) is 4.53. The van der Waals surface area contributed by atoms with Gasteiger partial charge < -0.3 is 15.5 Å². The molecular weight excluding hydrogens is 352 g/mol. The number of methoxy groups -OCH3 is 1. The Morgan fingerprint density at radius 3 is 2.57 bits per heavy atom. The molecule has 0 fully saturated rings. The monoisotopic (exact) mass is 372 g/mol. The van der Waals surface area contributed by atoms with Crippen molar-refractivity contribution in [2.45, 2.75) is 13.3 Å². The molecule has 0 radical (unpaired) electrons. The third kappa shape index (κ3) is 2.99. The van der Waals surface area contributed by atoms with Gasteiger partial charge in [0.05, 0.1) is 12.6 Å². The number of pyridine rings is 3. The van der Waals surface area contributed by atoms with Crippen LogP contribution in [0, 0.1) is 0 Å². The first-order chi connectivity index (χ1) is 13.6. The molecule has 0 amide bonds. The van der Waals surface area contributed by atoms with Gasteiger partial charge in [-0.05, 0) is 48.4 Å². The molecule has 0 spiro atoms. The van der Waals surface area contributed by atoms with Crippen molar-refractivity contribution in [1.29, 1.82) is 0 Å². The van der Waals surface area contributed by atoms with Crippen LogP contribution >= 0.6 is 0 Å². The van der Waals surface area contributed by atoms with Crippen molar-refractivity contribution in [3.63, 3.8) is 0 Å². The number of fused-ring (bicyclic) bond motifs is 1. The average Bonchev–Trinajstić information content (AvgIpc) is 2.73. The Bertz CT molecular complexity index is 1210. The van der Waals surface area contributed by atoms with Crippen LogP contribution in [0.4, 0.5) is 5.82 Å². The summed E-state index contributed by atoms with van der Waals surface area (Å²) in [7, 11) is 1.65. The number of aromatic amines is 1. The van der Waals surface area contributed by atoms with Crippen LogP contribution in [0.25, 0.3) is 33.2 Å². The summed E-state index contributed by atoms with van der Waals surface area (Å²) in [6, 6.07) is 11.3. The van der Waals surface area contributed by atoms with Crippen molar-refractivity contribution in [2.75, 3.05) is 12.8 Å². The maximum absolute atomic E-state index is 12.4. The standard InChI is InChI=1S/C22H20N4O2/c1-3-13-9-17(16-5-4-8-24-22(16)27)20-18(21(13)28-2)10-15(12-26-20)14-6-7-19(23)25-11-14/h4-12H,3H2,1-2H3,(H2,23,25)(H,24,27). The Balaban J connectivity index is 2.03. The number of H-pyrrole nitrogens is 1. The summed E-state index contributed by atoms with van der Waals surface area (Å²) >= 11 is 0. The Morgan fingerprint density at radius 1 is 1.07 bits per heavy atom. The molecule has 0 aliphatic rings. The van der Waals surface area contributed by atoms with Crippen molar-refractivity contribution in [1.82, 2.24) is 15.0 Å². The molecule has 3 heterocycles. The predicted molar refractivity (Wildman–Crippen MR) is 111 cm³/mol. The van der Waals surface area contributed by atoms with Gasteiger partial charge in [-0.1, -0.05) is 6.92 Å². The Hall–Kier alpha value is -3.67. The molecule has 3 N–H and O–H groups in total. The van der Waals surface area contributed by atoms with Crippen molar-refractivity contribution < 1.29 is 4.74 Å². The van der Waals surface area contributed by atoms with Gasteiger partial charge in [0, 0.05) is 46.2 Å². The molecule has 0 aliphatic carbocycles. The van der Waals surface area contributed by atoms with Gasteiger partial charge in [0.25, 0.3) is 5.56 Å². The number of ether oxygens (including phenoxy) is 1. The zero-order valence-corrected chi connectivity index (χ0v) is 15.7. The van der Waals surface area contributed by atoms with Crippen LogP contribution in [0.2, 0.25) is 0 Å². The average molecular weight is 372 g/mol. The summed E-state index contributed by atoms with van der Waals surface area (Å²) in [5, 5.41) is 0.856. The highest BCUT2D eigenvalue weighted by molar-refractivity contribution is 6.00. The molecule has 6 heteroatoms. The van der Waals surface area contributed by atoms with Crippen LogP contribution in [0.3, 0.4) is 0 Å². The number of nitrogens with zero attached hydrogens (tertiary/aromatic N) is 2. The Labute approximate surface area is 162 Å². The lowest BCUT2D eigenvalue weighted by Gasteiger charge is -2.15. The molecule has 4 aromatic rings. The molecular formula is C22H20N4O2. The maximum Gasteiger partial charge on any atom is 0.255 e. The number of aryl methyl sites for hydroxylation is 1. The van der Waals surface area contributed by atoms with Gasteiger partial charge in [-0.3, -0.25) is 9.78 Å². The van der Waals surface area contributed by atoms with Crippen molar-refractivity contribution in [3.05, 3.63) is 70.9 Å². The van der Waals surface area contributed by atoms with Gasteiger partial charge in [-0.15, -0.1) is 0 Å². The lowest BCUT2D eigenvalue weighted by Crippen LogP contribution is -2.08. The van der Waals surface area contributed by atoms with Crippen molar-refractivity contribution in [3.8, 4) is 28.0 Å². The van der Waals surface area contributed by atoms with Gasteiger partial charge in [0.15, 0.2) is 0 Å². The topological polar surface area (TPSA) is 93.9 Å². The first-order valence-corrected chi connectivity index (χ1v) is 9.02. The van der Waals surface area contributed by atoms with Crippen LogP contribution < -0.4 is 16.0 Å². The van der Waals surface area contributed by atoms with Gasteiger partial charge >= 0.3 is 0 Å². The highest BCUT2D eigenvalue weighted by atomic mass is 16.5. The van der Waals surface area contributed by atoms with E-state index in [1.165, 1.54) is 0 Å². The smallest absolute Gasteiger partial charge is 0.255 e. The quantitative estimate of drug-likeness (QED) is 0.568. The van der Waals surface area contributed by atoms with Crippen LogP contribution in [-0.2, 0) is 6.42 Å². The highest BCUT2D eigenvalue weighted by Gasteiger charge is 2.17. The van der Waals surface area contributed by atoms with Gasteiger partial charge in [-0.25, -0.2) is 4.98 Å². The van der Waals surface area contributed by atoms with E-state index in [2.05, 4.69) is 21.9 Å². The lowest BCUT2D eigenvalue weighted by molar-refractivity contribution is 0.415. The predicted octanol–water partition coefficient (Wildman–Crippen LogP) is 3.81. The van der Waals surface area contributed by atoms with Crippen LogP contribution in [0.15, 0.2) is 59.8 Å². The number of anilines is 1. The number of nitrogen functional groups attached to an aromatic ring is 1.